The second-order valence-corrected chi connectivity index (χ2v) is 13.3. The molecule has 16 nitrogen and oxygen atoms in total. The molecule has 0 aliphatic rings. The number of ether oxygens (including phenoxy) is 14. The standard InChI is InChI=1S/C42H88N2O14/c1-5-9-43(10-6-2)13-15-45-17-19-47-21-23-49-25-27-51-29-31-53-33-35-55-37-39-57-41-42-58-40-38-56-36-34-54-32-30-52-28-26-50-24-22-48-20-18-46-16-14-44(11-7-3)12-8-4/h5-42H2,1-4H3. The Hall–Kier alpha value is -0.640. The molecule has 0 radical (unpaired) electrons. The summed E-state index contributed by atoms with van der Waals surface area (Å²) in [5.41, 5.74) is 0. The molecule has 0 amide bonds. The molecule has 0 heterocycles. The summed E-state index contributed by atoms with van der Waals surface area (Å²) in [6, 6.07) is 0. The molecular formula is C42H88N2O14. The maximum atomic E-state index is 5.67. The number of nitrogens with zero attached hydrogens (tertiary/aromatic N) is 2. The molecule has 0 atom stereocenters. The first-order valence-corrected chi connectivity index (χ1v) is 22.3. The van der Waals surface area contributed by atoms with Crippen molar-refractivity contribution in [3.05, 3.63) is 0 Å². The van der Waals surface area contributed by atoms with Gasteiger partial charge in [0.05, 0.1) is 185 Å². The second-order valence-electron chi connectivity index (χ2n) is 13.3. The fourth-order valence-electron chi connectivity index (χ4n) is 5.28. The average Bonchev–Trinajstić information content (AvgIpc) is 3.22. The van der Waals surface area contributed by atoms with Crippen molar-refractivity contribution in [3.63, 3.8) is 0 Å². The summed E-state index contributed by atoms with van der Waals surface area (Å²) in [5, 5.41) is 0. The first kappa shape index (κ1) is 57.4. The van der Waals surface area contributed by atoms with Gasteiger partial charge in [-0.3, -0.25) is 0 Å². The molecule has 0 spiro atoms. The molecule has 58 heavy (non-hydrogen) atoms. The zero-order valence-corrected chi connectivity index (χ0v) is 37.5. The van der Waals surface area contributed by atoms with Crippen LogP contribution in [0.2, 0.25) is 0 Å². The number of hydrogen-bond donors (Lipinski definition) is 0. The molecule has 0 aromatic rings. The van der Waals surface area contributed by atoms with Crippen LogP contribution in [0.15, 0.2) is 0 Å². The van der Waals surface area contributed by atoms with Crippen LogP contribution in [0.3, 0.4) is 0 Å². The van der Waals surface area contributed by atoms with Crippen LogP contribution in [-0.4, -0.2) is 234 Å². The zero-order valence-electron chi connectivity index (χ0n) is 37.5. The van der Waals surface area contributed by atoms with Crippen LogP contribution in [-0.2, 0) is 66.3 Å². The molecule has 0 saturated heterocycles. The van der Waals surface area contributed by atoms with Gasteiger partial charge in [0.2, 0.25) is 0 Å². The Balaban J connectivity index is 3.13. The van der Waals surface area contributed by atoms with Crippen molar-refractivity contribution in [1.82, 2.24) is 9.80 Å². The summed E-state index contributed by atoms with van der Waals surface area (Å²) in [7, 11) is 0. The molecule has 0 aromatic heterocycles. The van der Waals surface area contributed by atoms with Gasteiger partial charge < -0.3 is 76.1 Å². The minimum atomic E-state index is 0.509. The normalized spacial score (nSPS) is 11.9. The molecule has 16 heteroatoms. The molecule has 0 aliphatic carbocycles. The molecule has 0 N–H and O–H groups in total. The predicted molar refractivity (Wildman–Crippen MR) is 226 cm³/mol. The maximum Gasteiger partial charge on any atom is 0.0701 e. The van der Waals surface area contributed by atoms with Gasteiger partial charge in [-0.15, -0.1) is 0 Å². The zero-order chi connectivity index (χ0) is 41.9. The van der Waals surface area contributed by atoms with E-state index >= 15 is 0 Å². The topological polar surface area (TPSA) is 136 Å². The lowest BCUT2D eigenvalue weighted by Crippen LogP contribution is -2.29. The van der Waals surface area contributed by atoms with Crippen molar-refractivity contribution in [2.75, 3.05) is 224 Å². The fourth-order valence-corrected chi connectivity index (χ4v) is 5.28. The Morgan fingerprint density at radius 1 is 0.172 bits per heavy atom. The third-order valence-electron chi connectivity index (χ3n) is 8.10. The van der Waals surface area contributed by atoms with Crippen molar-refractivity contribution in [2.24, 2.45) is 0 Å². The molecule has 350 valence electrons. The lowest BCUT2D eigenvalue weighted by Gasteiger charge is -2.20. The van der Waals surface area contributed by atoms with Gasteiger partial charge in [-0.05, 0) is 51.9 Å². The average molecular weight is 845 g/mol. The van der Waals surface area contributed by atoms with E-state index in [0.717, 1.165) is 52.5 Å². The van der Waals surface area contributed by atoms with Gasteiger partial charge in [0.1, 0.15) is 0 Å². The third kappa shape index (κ3) is 48.0. The predicted octanol–water partition coefficient (Wildman–Crippen LogP) is 3.46. The quantitative estimate of drug-likeness (QED) is 0.0827. The van der Waals surface area contributed by atoms with Gasteiger partial charge in [0.15, 0.2) is 0 Å². The largest absolute Gasteiger partial charge is 0.378 e. The Morgan fingerprint density at radius 2 is 0.293 bits per heavy atom. The highest BCUT2D eigenvalue weighted by molar-refractivity contribution is 4.56. The Morgan fingerprint density at radius 3 is 0.414 bits per heavy atom. The van der Waals surface area contributed by atoms with Crippen LogP contribution >= 0.6 is 0 Å². The van der Waals surface area contributed by atoms with Gasteiger partial charge in [-0.25, -0.2) is 0 Å². The summed E-state index contributed by atoms with van der Waals surface area (Å²) in [4.78, 5) is 4.89. The molecule has 0 unspecified atom stereocenters. The first-order valence-electron chi connectivity index (χ1n) is 22.3. The van der Waals surface area contributed by atoms with Gasteiger partial charge >= 0.3 is 0 Å². The smallest absolute Gasteiger partial charge is 0.0701 e. The van der Waals surface area contributed by atoms with E-state index in [4.69, 9.17) is 66.3 Å². The molecule has 0 aliphatic heterocycles. The Bertz CT molecular complexity index is 668. The second kappa shape index (κ2) is 52.5. The van der Waals surface area contributed by atoms with Crippen molar-refractivity contribution < 1.29 is 66.3 Å². The minimum absolute atomic E-state index is 0.509. The molecule has 0 rings (SSSR count). The third-order valence-corrected chi connectivity index (χ3v) is 8.10. The van der Waals surface area contributed by atoms with Gasteiger partial charge in [0, 0.05) is 13.1 Å². The van der Waals surface area contributed by atoms with Crippen molar-refractivity contribution in [2.45, 2.75) is 53.4 Å². The van der Waals surface area contributed by atoms with Crippen LogP contribution in [0.1, 0.15) is 53.4 Å². The molecule has 0 aromatic carbocycles. The van der Waals surface area contributed by atoms with E-state index in [0.29, 0.717) is 172 Å². The van der Waals surface area contributed by atoms with Crippen LogP contribution in [0.25, 0.3) is 0 Å². The lowest BCUT2D eigenvalue weighted by molar-refractivity contribution is -0.0297. The van der Waals surface area contributed by atoms with Crippen molar-refractivity contribution >= 4 is 0 Å². The van der Waals surface area contributed by atoms with E-state index in [-0.39, 0.29) is 0 Å². The van der Waals surface area contributed by atoms with Gasteiger partial charge in [-0.1, -0.05) is 27.7 Å². The highest BCUT2D eigenvalue weighted by Crippen LogP contribution is 1.96. The Labute approximate surface area is 353 Å². The van der Waals surface area contributed by atoms with Gasteiger partial charge in [-0.2, -0.15) is 0 Å². The molecule has 0 bridgehead atoms. The molecule has 0 saturated carbocycles. The van der Waals surface area contributed by atoms with E-state index in [2.05, 4.69) is 37.5 Å². The highest BCUT2D eigenvalue weighted by atomic mass is 16.6. The number of hydrogen-bond acceptors (Lipinski definition) is 16. The van der Waals surface area contributed by atoms with Crippen LogP contribution < -0.4 is 0 Å². The monoisotopic (exact) mass is 845 g/mol. The van der Waals surface area contributed by atoms with Crippen LogP contribution in [0.4, 0.5) is 0 Å². The first-order chi connectivity index (χ1) is 28.8. The number of rotatable bonds is 53. The summed E-state index contributed by atoms with van der Waals surface area (Å²) < 4.78 is 77.6. The summed E-state index contributed by atoms with van der Waals surface area (Å²) in [6.07, 6.45) is 4.70. The molecule has 0 fully saturated rings. The summed E-state index contributed by atoms with van der Waals surface area (Å²) in [6.45, 7) is 30.8. The summed E-state index contributed by atoms with van der Waals surface area (Å²) >= 11 is 0. The van der Waals surface area contributed by atoms with Crippen molar-refractivity contribution in [1.29, 1.82) is 0 Å². The highest BCUT2D eigenvalue weighted by Gasteiger charge is 2.03. The van der Waals surface area contributed by atoms with E-state index < -0.39 is 0 Å². The van der Waals surface area contributed by atoms with E-state index in [1.807, 2.05) is 0 Å². The Kier molecular flexibility index (Phi) is 51.9. The van der Waals surface area contributed by atoms with E-state index in [1.54, 1.807) is 0 Å². The van der Waals surface area contributed by atoms with Gasteiger partial charge in [0.25, 0.3) is 0 Å². The van der Waals surface area contributed by atoms with Crippen molar-refractivity contribution in [3.8, 4) is 0 Å². The molecular weight excluding hydrogens is 756 g/mol. The van der Waals surface area contributed by atoms with E-state index in [9.17, 15) is 0 Å². The van der Waals surface area contributed by atoms with E-state index in [1.165, 1.54) is 25.7 Å². The fraction of sp³-hybridized carbons (Fsp3) is 1.00. The van der Waals surface area contributed by atoms with Crippen LogP contribution in [0, 0.1) is 0 Å². The SMILES string of the molecule is CCCN(CCC)CCOCCOCCOCCOCCOCCOCCOCCOCCOCCOCCOCCOCCOCCOCCN(CCC)CCC. The lowest BCUT2D eigenvalue weighted by atomic mass is 10.3. The minimum Gasteiger partial charge on any atom is -0.378 e. The van der Waals surface area contributed by atoms with Crippen LogP contribution in [0.5, 0.6) is 0 Å². The maximum absolute atomic E-state index is 5.67. The summed E-state index contributed by atoms with van der Waals surface area (Å²) in [5.74, 6) is 0.